The van der Waals surface area contributed by atoms with Crippen molar-refractivity contribution in [3.63, 3.8) is 0 Å². The Balaban J connectivity index is 1.41. The lowest BCUT2D eigenvalue weighted by atomic mass is 9.56. The van der Waals surface area contributed by atoms with Crippen LogP contribution in [0, 0.1) is 17.8 Å². The highest BCUT2D eigenvalue weighted by molar-refractivity contribution is 9.09. The second kappa shape index (κ2) is 9.89. The summed E-state index contributed by atoms with van der Waals surface area (Å²) in [6.45, 7) is 0. The molecule has 0 spiro atoms. The van der Waals surface area contributed by atoms with Gasteiger partial charge in [-0.2, -0.15) is 0 Å². The molecule has 224 valence electrons. The summed E-state index contributed by atoms with van der Waals surface area (Å²) in [5, 5.41) is 22.3. The number of amides is 4. The summed E-state index contributed by atoms with van der Waals surface area (Å²) in [7, 11) is 0. The molecule has 4 amide bonds. The van der Waals surface area contributed by atoms with Crippen molar-refractivity contribution >= 4 is 85.2 Å². The van der Waals surface area contributed by atoms with Crippen molar-refractivity contribution in [3.05, 3.63) is 83.4 Å². The number of carboxylic acid groups (broad SMARTS) is 1. The molecule has 2 aliphatic heterocycles. The van der Waals surface area contributed by atoms with Crippen molar-refractivity contribution in [2.75, 3.05) is 10.4 Å². The number of likely N-dealkylation sites (tertiary alicyclic amines) is 1. The number of imide groups is 2. The SMILES string of the molecule is O=C(O)c1cccc(N2C(=O)C3CC=C4C(CC5(Cl)C(=O)N(CBr)C(=O)C5(Cl)C4c4ccc5ccccc5c4O)C3C2=O)c1. The molecular formula is C32H23BrCl2N2O7. The van der Waals surface area contributed by atoms with Gasteiger partial charge in [-0.05, 0) is 42.3 Å². The molecule has 0 bridgehead atoms. The van der Waals surface area contributed by atoms with E-state index in [1.165, 1.54) is 24.3 Å². The monoisotopic (exact) mass is 696 g/mol. The number of rotatable bonds is 4. The number of carbonyl (C=O) groups is 5. The van der Waals surface area contributed by atoms with Crippen LogP contribution in [0.2, 0.25) is 0 Å². The predicted octanol–water partition coefficient (Wildman–Crippen LogP) is 5.16. The number of benzene rings is 3. The number of hydrogen-bond donors (Lipinski definition) is 2. The van der Waals surface area contributed by atoms with E-state index < -0.39 is 63.0 Å². The number of alkyl halides is 3. The maximum atomic E-state index is 14.1. The first kappa shape index (κ1) is 29.0. The number of aromatic carboxylic acids is 1. The van der Waals surface area contributed by atoms with Crippen molar-refractivity contribution in [2.24, 2.45) is 17.8 Å². The van der Waals surface area contributed by atoms with Crippen molar-refractivity contribution in [3.8, 4) is 5.75 Å². The number of allylic oxidation sites excluding steroid dienone is 2. The van der Waals surface area contributed by atoms with Gasteiger partial charge in [0.05, 0.1) is 28.5 Å². The van der Waals surface area contributed by atoms with Gasteiger partial charge in [0.1, 0.15) is 5.75 Å². The van der Waals surface area contributed by atoms with Crippen LogP contribution in [0.25, 0.3) is 10.8 Å². The molecule has 2 saturated heterocycles. The van der Waals surface area contributed by atoms with Crippen LogP contribution in [-0.4, -0.2) is 59.9 Å². The third kappa shape index (κ3) is 3.61. The first-order valence-electron chi connectivity index (χ1n) is 13.9. The second-order valence-electron chi connectivity index (χ2n) is 11.6. The minimum atomic E-state index is -2.05. The highest BCUT2D eigenvalue weighted by Gasteiger charge is 2.76. The van der Waals surface area contributed by atoms with Gasteiger partial charge in [0.15, 0.2) is 9.75 Å². The maximum absolute atomic E-state index is 14.1. The lowest BCUT2D eigenvalue weighted by molar-refractivity contribution is -0.138. The van der Waals surface area contributed by atoms with E-state index in [4.69, 9.17) is 23.2 Å². The number of halogens is 3. The number of fused-ring (bicyclic) bond motifs is 5. The van der Waals surface area contributed by atoms with Gasteiger partial charge in [-0.25, -0.2) is 4.79 Å². The van der Waals surface area contributed by atoms with Gasteiger partial charge in [-0.3, -0.25) is 29.0 Å². The Bertz CT molecular complexity index is 1880. The van der Waals surface area contributed by atoms with E-state index >= 15 is 0 Å². The zero-order chi connectivity index (χ0) is 31.3. The molecule has 7 rings (SSSR count). The molecule has 2 heterocycles. The van der Waals surface area contributed by atoms with E-state index in [1.807, 2.05) is 12.1 Å². The first-order chi connectivity index (χ1) is 21.0. The van der Waals surface area contributed by atoms with Gasteiger partial charge in [0.25, 0.3) is 11.8 Å². The fourth-order valence-electron chi connectivity index (χ4n) is 7.64. The highest BCUT2D eigenvalue weighted by atomic mass is 79.9. The van der Waals surface area contributed by atoms with Crippen LogP contribution in [0.3, 0.4) is 0 Å². The smallest absolute Gasteiger partial charge is 0.335 e. The quantitative estimate of drug-likeness (QED) is 0.167. The van der Waals surface area contributed by atoms with Crippen LogP contribution >= 0.6 is 39.1 Å². The number of nitrogens with zero attached hydrogens (tertiary/aromatic N) is 2. The Hall–Kier alpha value is -3.73. The zero-order valence-electron chi connectivity index (χ0n) is 22.7. The molecule has 0 aromatic heterocycles. The molecule has 2 N–H and O–H groups in total. The molecule has 9 nitrogen and oxygen atoms in total. The number of hydrogen-bond acceptors (Lipinski definition) is 6. The Labute approximate surface area is 269 Å². The summed E-state index contributed by atoms with van der Waals surface area (Å²) in [6, 6.07) is 16.1. The summed E-state index contributed by atoms with van der Waals surface area (Å²) >= 11 is 17.7. The van der Waals surface area contributed by atoms with Crippen molar-refractivity contribution in [1.82, 2.24) is 4.90 Å². The van der Waals surface area contributed by atoms with E-state index in [0.29, 0.717) is 11.0 Å². The van der Waals surface area contributed by atoms with Crippen LogP contribution < -0.4 is 4.90 Å². The summed E-state index contributed by atoms with van der Waals surface area (Å²) in [5.41, 5.74) is 0.699. The zero-order valence-corrected chi connectivity index (χ0v) is 25.8. The van der Waals surface area contributed by atoms with Crippen LogP contribution in [0.5, 0.6) is 5.75 Å². The molecule has 12 heteroatoms. The van der Waals surface area contributed by atoms with E-state index in [0.717, 1.165) is 15.2 Å². The van der Waals surface area contributed by atoms with Crippen molar-refractivity contribution < 1.29 is 34.2 Å². The van der Waals surface area contributed by atoms with Gasteiger partial charge in [-0.15, -0.1) is 23.2 Å². The maximum Gasteiger partial charge on any atom is 0.335 e. The summed E-state index contributed by atoms with van der Waals surface area (Å²) in [5.74, 6) is -7.52. The Kier molecular flexibility index (Phi) is 6.52. The average molecular weight is 698 g/mol. The molecule has 44 heavy (non-hydrogen) atoms. The molecule has 6 unspecified atom stereocenters. The number of phenols is 1. The number of carbonyl (C=O) groups excluding carboxylic acids is 4. The van der Waals surface area contributed by atoms with Crippen molar-refractivity contribution in [1.29, 1.82) is 0 Å². The molecule has 3 aromatic rings. The van der Waals surface area contributed by atoms with Crippen LogP contribution in [0.1, 0.15) is 34.7 Å². The lowest BCUT2D eigenvalue weighted by Crippen LogP contribution is -2.60. The van der Waals surface area contributed by atoms with Gasteiger partial charge >= 0.3 is 5.97 Å². The fraction of sp³-hybridized carbons (Fsp3) is 0.281. The molecular weight excluding hydrogens is 675 g/mol. The van der Waals surface area contributed by atoms with Crippen LogP contribution in [0.4, 0.5) is 5.69 Å². The summed E-state index contributed by atoms with van der Waals surface area (Å²) < 4.78 is 0. The van der Waals surface area contributed by atoms with E-state index in [1.54, 1.807) is 30.3 Å². The normalized spacial score (nSPS) is 31.2. The largest absolute Gasteiger partial charge is 0.507 e. The van der Waals surface area contributed by atoms with Gasteiger partial charge in [0.2, 0.25) is 11.8 Å². The minimum absolute atomic E-state index is 0.0853. The first-order valence-corrected chi connectivity index (χ1v) is 15.7. The number of carboxylic acids is 1. The van der Waals surface area contributed by atoms with Crippen molar-refractivity contribution in [2.45, 2.75) is 28.5 Å². The molecule has 3 fully saturated rings. The Morgan fingerprint density at radius 3 is 2.43 bits per heavy atom. The van der Waals surface area contributed by atoms with Gasteiger partial charge < -0.3 is 10.2 Å². The number of aromatic hydroxyl groups is 1. The van der Waals surface area contributed by atoms with Crippen LogP contribution in [0.15, 0.2) is 72.3 Å². The topological polar surface area (TPSA) is 132 Å². The van der Waals surface area contributed by atoms with Crippen LogP contribution in [-0.2, 0) is 19.2 Å². The molecule has 3 aromatic carbocycles. The Morgan fingerprint density at radius 1 is 0.955 bits per heavy atom. The summed E-state index contributed by atoms with van der Waals surface area (Å²) in [6.07, 6.45) is 1.71. The lowest BCUT2D eigenvalue weighted by Gasteiger charge is -2.50. The third-order valence-electron chi connectivity index (χ3n) is 9.61. The molecule has 4 aliphatic rings. The van der Waals surface area contributed by atoms with E-state index in [2.05, 4.69) is 15.9 Å². The molecule has 6 atom stereocenters. The minimum Gasteiger partial charge on any atom is -0.507 e. The number of phenolic OH excluding ortho intramolecular Hbond substituents is 1. The fourth-order valence-corrected chi connectivity index (χ4v) is 9.05. The molecule has 1 saturated carbocycles. The average Bonchev–Trinajstić information content (AvgIpc) is 3.35. The third-order valence-corrected chi connectivity index (χ3v) is 11.5. The number of anilines is 1. The highest BCUT2D eigenvalue weighted by Crippen LogP contribution is 2.66. The second-order valence-corrected chi connectivity index (χ2v) is 13.3. The Morgan fingerprint density at radius 2 is 1.70 bits per heavy atom. The van der Waals surface area contributed by atoms with Gasteiger partial charge in [0, 0.05) is 16.9 Å². The summed E-state index contributed by atoms with van der Waals surface area (Å²) in [4.78, 5) is 65.2. The van der Waals surface area contributed by atoms with E-state index in [-0.39, 0.29) is 40.9 Å². The molecule has 0 radical (unpaired) electrons. The molecule has 2 aliphatic carbocycles. The predicted molar refractivity (Wildman–Crippen MR) is 165 cm³/mol. The van der Waals surface area contributed by atoms with E-state index in [9.17, 15) is 34.2 Å². The van der Waals surface area contributed by atoms with Gasteiger partial charge in [-0.1, -0.05) is 70.0 Å². The standard InChI is InChI=1S/C32H23BrCl2N2O7/c33-14-36-29(43)31(34)13-22-19(24(32(31,35)30(36)44)21-9-8-15-4-1-2-7-18(15)25(21)38)10-11-20-23(22)27(40)37(26(20)39)17-6-3-5-16(12-17)28(41)42/h1-10,12,20,22-24,38H,11,13-14H2,(H,41,42).